The van der Waals surface area contributed by atoms with Gasteiger partial charge in [-0.15, -0.1) is 0 Å². The monoisotopic (exact) mass is 278 g/mol. The molecule has 0 bridgehead atoms. The predicted molar refractivity (Wildman–Crippen MR) is 62.1 cm³/mol. The topological polar surface area (TPSA) is 63.1 Å². The molecule has 0 radical (unpaired) electrons. The fourth-order valence-electron chi connectivity index (χ4n) is 1.28. The van der Waals surface area contributed by atoms with E-state index in [-0.39, 0.29) is 5.82 Å². The quantitative estimate of drug-likeness (QED) is 0.917. The molecule has 4 nitrogen and oxygen atoms in total. The van der Waals surface area contributed by atoms with Gasteiger partial charge in [0.1, 0.15) is 0 Å². The summed E-state index contributed by atoms with van der Waals surface area (Å²) in [6.45, 7) is 0. The summed E-state index contributed by atoms with van der Waals surface area (Å²) in [4.78, 5) is 18.4. The molecular formula is C11H7BrN2O2. The summed E-state index contributed by atoms with van der Waals surface area (Å²) in [6, 6.07) is 9.15. The van der Waals surface area contributed by atoms with Crippen molar-refractivity contribution in [2.45, 2.75) is 0 Å². The molecule has 0 aliphatic heterocycles. The molecule has 0 aliphatic rings. The van der Waals surface area contributed by atoms with Gasteiger partial charge in [0, 0.05) is 16.2 Å². The summed E-state index contributed by atoms with van der Waals surface area (Å²) in [7, 11) is 0. The number of nitrogens with zero attached hydrogens (tertiary/aromatic N) is 2. The van der Waals surface area contributed by atoms with Gasteiger partial charge in [-0.05, 0) is 12.1 Å². The third-order valence-corrected chi connectivity index (χ3v) is 2.69. The van der Waals surface area contributed by atoms with Gasteiger partial charge in [0.2, 0.25) is 5.82 Å². The minimum Gasteiger partial charge on any atom is -0.475 e. The van der Waals surface area contributed by atoms with Crippen LogP contribution in [0.15, 0.2) is 41.0 Å². The number of aromatic carboxylic acids is 1. The van der Waals surface area contributed by atoms with Crippen LogP contribution in [0.4, 0.5) is 0 Å². The number of hydrogen-bond donors (Lipinski definition) is 1. The molecule has 1 aromatic heterocycles. The van der Waals surface area contributed by atoms with Gasteiger partial charge in [0.25, 0.3) is 0 Å². The minimum atomic E-state index is -1.13. The summed E-state index contributed by atoms with van der Waals surface area (Å²) in [5.41, 5.74) is 1.42. The molecule has 16 heavy (non-hydrogen) atoms. The second-order valence-corrected chi connectivity index (χ2v) is 3.90. The molecule has 0 atom stereocenters. The maximum Gasteiger partial charge on any atom is 0.373 e. The highest BCUT2D eigenvalue weighted by atomic mass is 79.9. The summed E-state index contributed by atoms with van der Waals surface area (Å²) >= 11 is 3.39. The van der Waals surface area contributed by atoms with E-state index in [1.807, 2.05) is 24.3 Å². The van der Waals surface area contributed by atoms with Crippen LogP contribution in [0.25, 0.3) is 11.3 Å². The van der Waals surface area contributed by atoms with Crippen molar-refractivity contribution >= 4 is 21.9 Å². The lowest BCUT2D eigenvalue weighted by Crippen LogP contribution is -2.04. The van der Waals surface area contributed by atoms with Crippen LogP contribution < -0.4 is 0 Å². The van der Waals surface area contributed by atoms with Crippen LogP contribution in [0.5, 0.6) is 0 Å². The summed E-state index contributed by atoms with van der Waals surface area (Å²) in [5, 5.41) is 8.79. The largest absolute Gasteiger partial charge is 0.475 e. The molecule has 5 heteroatoms. The van der Waals surface area contributed by atoms with Crippen LogP contribution in [-0.4, -0.2) is 21.0 Å². The van der Waals surface area contributed by atoms with Crippen LogP contribution in [0.2, 0.25) is 0 Å². The van der Waals surface area contributed by atoms with Gasteiger partial charge in [-0.1, -0.05) is 34.1 Å². The number of halogens is 1. The van der Waals surface area contributed by atoms with Crippen LogP contribution in [0.3, 0.4) is 0 Å². The third kappa shape index (κ3) is 2.09. The Morgan fingerprint density at radius 3 is 2.69 bits per heavy atom. The average molecular weight is 279 g/mol. The molecule has 0 saturated carbocycles. The zero-order valence-corrected chi connectivity index (χ0v) is 9.68. The zero-order chi connectivity index (χ0) is 11.5. The predicted octanol–water partition coefficient (Wildman–Crippen LogP) is 2.60. The van der Waals surface area contributed by atoms with Gasteiger partial charge in [-0.25, -0.2) is 14.8 Å². The Kier molecular flexibility index (Phi) is 2.96. The number of carboxylic acids is 1. The molecule has 0 unspecified atom stereocenters. The number of carbonyl (C=O) groups is 1. The van der Waals surface area contributed by atoms with Gasteiger partial charge in [-0.3, -0.25) is 0 Å². The Morgan fingerprint density at radius 2 is 2.00 bits per heavy atom. The van der Waals surface area contributed by atoms with Crippen molar-refractivity contribution in [1.82, 2.24) is 9.97 Å². The summed E-state index contributed by atoms with van der Waals surface area (Å²) in [6.07, 6.45) is 1.44. The molecular weight excluding hydrogens is 272 g/mol. The van der Waals surface area contributed by atoms with Crippen LogP contribution in [0.1, 0.15) is 10.6 Å². The lowest BCUT2D eigenvalue weighted by atomic mass is 10.1. The Balaban J connectivity index is 2.53. The first-order valence-corrected chi connectivity index (χ1v) is 5.29. The normalized spacial score (nSPS) is 10.1. The fraction of sp³-hybridized carbons (Fsp3) is 0. The molecule has 2 rings (SSSR count). The number of aromatic nitrogens is 2. The number of benzene rings is 1. The maximum atomic E-state index is 10.7. The van der Waals surface area contributed by atoms with E-state index in [0.717, 1.165) is 10.0 Å². The first kappa shape index (κ1) is 10.8. The first-order valence-electron chi connectivity index (χ1n) is 4.50. The lowest BCUT2D eigenvalue weighted by molar-refractivity contribution is 0.0683. The SMILES string of the molecule is O=C(O)c1nccc(-c2ccccc2Br)n1. The van der Waals surface area contributed by atoms with Crippen LogP contribution in [-0.2, 0) is 0 Å². The standard InChI is InChI=1S/C11H7BrN2O2/c12-8-4-2-1-3-7(8)9-5-6-13-10(14-9)11(15)16/h1-6H,(H,15,16). The van der Waals surface area contributed by atoms with Crippen molar-refractivity contribution in [3.8, 4) is 11.3 Å². The highest BCUT2D eigenvalue weighted by Crippen LogP contribution is 2.25. The van der Waals surface area contributed by atoms with Crippen molar-refractivity contribution in [3.05, 3.63) is 46.8 Å². The fourth-order valence-corrected chi connectivity index (χ4v) is 1.77. The van der Waals surface area contributed by atoms with Crippen molar-refractivity contribution in [2.24, 2.45) is 0 Å². The van der Waals surface area contributed by atoms with Gasteiger partial charge < -0.3 is 5.11 Å². The van der Waals surface area contributed by atoms with Crippen molar-refractivity contribution in [3.63, 3.8) is 0 Å². The van der Waals surface area contributed by atoms with Crippen molar-refractivity contribution in [2.75, 3.05) is 0 Å². The van der Waals surface area contributed by atoms with E-state index in [1.165, 1.54) is 6.20 Å². The highest BCUT2D eigenvalue weighted by molar-refractivity contribution is 9.10. The lowest BCUT2D eigenvalue weighted by Gasteiger charge is -2.03. The zero-order valence-electron chi connectivity index (χ0n) is 8.09. The Bertz CT molecular complexity index is 543. The second-order valence-electron chi connectivity index (χ2n) is 3.05. The van der Waals surface area contributed by atoms with Crippen LogP contribution >= 0.6 is 15.9 Å². The van der Waals surface area contributed by atoms with Gasteiger partial charge in [0.05, 0.1) is 5.69 Å². The Hall–Kier alpha value is -1.75. The molecule has 0 amide bonds. The van der Waals surface area contributed by atoms with E-state index in [9.17, 15) is 4.79 Å². The Labute approximate surface area is 100 Å². The van der Waals surface area contributed by atoms with Crippen molar-refractivity contribution < 1.29 is 9.90 Å². The maximum absolute atomic E-state index is 10.7. The molecule has 0 saturated heterocycles. The number of rotatable bonds is 2. The molecule has 0 fully saturated rings. The number of hydrogen-bond acceptors (Lipinski definition) is 3. The van der Waals surface area contributed by atoms with E-state index in [1.54, 1.807) is 6.07 Å². The second kappa shape index (κ2) is 4.40. The first-order chi connectivity index (χ1) is 7.68. The van der Waals surface area contributed by atoms with Crippen LogP contribution in [0, 0.1) is 0 Å². The van der Waals surface area contributed by atoms with E-state index in [4.69, 9.17) is 5.11 Å². The van der Waals surface area contributed by atoms with Crippen molar-refractivity contribution in [1.29, 1.82) is 0 Å². The summed E-state index contributed by atoms with van der Waals surface area (Å²) < 4.78 is 0.866. The highest BCUT2D eigenvalue weighted by Gasteiger charge is 2.09. The van der Waals surface area contributed by atoms with Gasteiger partial charge in [-0.2, -0.15) is 0 Å². The van der Waals surface area contributed by atoms with E-state index in [2.05, 4.69) is 25.9 Å². The van der Waals surface area contributed by atoms with E-state index < -0.39 is 5.97 Å². The smallest absolute Gasteiger partial charge is 0.373 e. The molecule has 1 heterocycles. The molecule has 1 aromatic carbocycles. The minimum absolute atomic E-state index is 0.201. The molecule has 1 N–H and O–H groups in total. The molecule has 0 aliphatic carbocycles. The van der Waals surface area contributed by atoms with Gasteiger partial charge >= 0.3 is 5.97 Å². The number of carboxylic acid groups (broad SMARTS) is 1. The molecule has 80 valence electrons. The molecule has 2 aromatic rings. The summed E-state index contributed by atoms with van der Waals surface area (Å²) in [5.74, 6) is -1.33. The molecule has 0 spiro atoms. The average Bonchev–Trinajstić information content (AvgIpc) is 2.30. The van der Waals surface area contributed by atoms with E-state index in [0.29, 0.717) is 5.69 Å². The van der Waals surface area contributed by atoms with Gasteiger partial charge in [0.15, 0.2) is 0 Å². The Morgan fingerprint density at radius 1 is 1.25 bits per heavy atom. The van der Waals surface area contributed by atoms with E-state index >= 15 is 0 Å². The third-order valence-electron chi connectivity index (χ3n) is 2.00.